The standard InChI is InChI=1S/C21H25NO8/c1-5-27-19(24)15-12-16(22-18(23)17(15)20(25)28-6-2)13-8-10-14(11-9-13)30-21(26-4)29-7-3/h8-12,21H,5-7H2,1-4H3,(H,22,23). The summed E-state index contributed by atoms with van der Waals surface area (Å²) in [6, 6.07) is 8.06. The monoisotopic (exact) mass is 419 g/mol. The minimum absolute atomic E-state index is 0.0635. The van der Waals surface area contributed by atoms with Gasteiger partial charge >= 0.3 is 18.4 Å². The Morgan fingerprint density at radius 3 is 2.17 bits per heavy atom. The smallest absolute Gasteiger partial charge is 0.344 e. The zero-order valence-corrected chi connectivity index (χ0v) is 17.4. The van der Waals surface area contributed by atoms with E-state index in [1.807, 2.05) is 6.92 Å². The lowest BCUT2D eigenvalue weighted by atomic mass is 10.0. The average molecular weight is 419 g/mol. The van der Waals surface area contributed by atoms with Crippen LogP contribution in [0, 0.1) is 0 Å². The fourth-order valence-electron chi connectivity index (χ4n) is 2.60. The van der Waals surface area contributed by atoms with Crippen molar-refractivity contribution in [2.75, 3.05) is 26.9 Å². The number of rotatable bonds is 10. The van der Waals surface area contributed by atoms with Gasteiger partial charge in [0.1, 0.15) is 11.3 Å². The molecule has 2 rings (SSSR count). The van der Waals surface area contributed by atoms with Gasteiger partial charge in [0.2, 0.25) is 0 Å². The first-order valence-electron chi connectivity index (χ1n) is 9.48. The molecule has 30 heavy (non-hydrogen) atoms. The minimum atomic E-state index is -0.890. The third-order valence-electron chi connectivity index (χ3n) is 3.90. The Balaban J connectivity index is 2.41. The number of ether oxygens (including phenoxy) is 5. The van der Waals surface area contributed by atoms with Gasteiger partial charge in [0.25, 0.3) is 5.56 Å². The lowest BCUT2D eigenvalue weighted by molar-refractivity contribution is -0.231. The average Bonchev–Trinajstić information content (AvgIpc) is 2.73. The number of esters is 2. The number of pyridine rings is 1. The van der Waals surface area contributed by atoms with Crippen molar-refractivity contribution in [2.24, 2.45) is 0 Å². The molecule has 1 N–H and O–H groups in total. The molecule has 0 bridgehead atoms. The Bertz CT molecular complexity index is 920. The number of carbonyl (C=O) groups excluding carboxylic acids is 2. The van der Waals surface area contributed by atoms with Crippen molar-refractivity contribution in [1.82, 2.24) is 4.98 Å². The molecule has 1 aromatic carbocycles. The summed E-state index contributed by atoms with van der Waals surface area (Å²) in [6.07, 6.45) is 0. The Hall–Kier alpha value is -3.17. The van der Waals surface area contributed by atoms with Crippen LogP contribution in [0.15, 0.2) is 35.1 Å². The van der Waals surface area contributed by atoms with Gasteiger partial charge in [0.05, 0.1) is 25.4 Å². The van der Waals surface area contributed by atoms with Crippen LogP contribution in [0.3, 0.4) is 0 Å². The van der Waals surface area contributed by atoms with E-state index >= 15 is 0 Å². The summed E-state index contributed by atoms with van der Waals surface area (Å²) in [6.45, 7) is 4.78. The molecular formula is C21H25NO8. The number of aromatic nitrogens is 1. The second-order valence-electron chi connectivity index (χ2n) is 5.86. The van der Waals surface area contributed by atoms with E-state index in [0.717, 1.165) is 0 Å². The number of carbonyl (C=O) groups is 2. The van der Waals surface area contributed by atoms with Crippen LogP contribution in [0.1, 0.15) is 41.5 Å². The Morgan fingerprint density at radius 2 is 1.60 bits per heavy atom. The summed E-state index contributed by atoms with van der Waals surface area (Å²) in [4.78, 5) is 39.7. The molecule has 0 fully saturated rings. The molecule has 0 spiro atoms. The van der Waals surface area contributed by atoms with E-state index in [1.165, 1.54) is 13.2 Å². The maximum Gasteiger partial charge on any atom is 0.344 e. The second-order valence-corrected chi connectivity index (χ2v) is 5.86. The largest absolute Gasteiger partial charge is 0.462 e. The van der Waals surface area contributed by atoms with E-state index in [1.54, 1.807) is 38.1 Å². The lowest BCUT2D eigenvalue weighted by Gasteiger charge is -2.16. The molecule has 0 saturated heterocycles. The minimum Gasteiger partial charge on any atom is -0.462 e. The van der Waals surface area contributed by atoms with Crippen LogP contribution in [0.2, 0.25) is 0 Å². The predicted molar refractivity (Wildman–Crippen MR) is 107 cm³/mol. The zero-order valence-electron chi connectivity index (χ0n) is 17.4. The molecule has 9 nitrogen and oxygen atoms in total. The fourth-order valence-corrected chi connectivity index (χ4v) is 2.60. The fraction of sp³-hybridized carbons (Fsp3) is 0.381. The highest BCUT2D eigenvalue weighted by Crippen LogP contribution is 2.23. The van der Waals surface area contributed by atoms with Crippen LogP contribution in [-0.2, 0) is 18.9 Å². The SMILES string of the molecule is CCOC(=O)c1cc(-c2ccc(OC(OC)OCC)cc2)[nH]c(=O)c1C(=O)OCC. The molecule has 0 radical (unpaired) electrons. The van der Waals surface area contributed by atoms with Gasteiger partial charge in [-0.05, 0) is 56.7 Å². The first-order chi connectivity index (χ1) is 14.4. The Morgan fingerprint density at radius 1 is 0.967 bits per heavy atom. The molecular weight excluding hydrogens is 394 g/mol. The first kappa shape index (κ1) is 23.1. The highest BCUT2D eigenvalue weighted by molar-refractivity contribution is 6.03. The maximum absolute atomic E-state index is 12.6. The van der Waals surface area contributed by atoms with Crippen molar-refractivity contribution in [2.45, 2.75) is 27.2 Å². The number of benzene rings is 1. The van der Waals surface area contributed by atoms with Crippen molar-refractivity contribution in [3.05, 3.63) is 51.8 Å². The topological polar surface area (TPSA) is 113 Å². The summed E-state index contributed by atoms with van der Waals surface area (Å²) in [5.41, 5.74) is -0.379. The van der Waals surface area contributed by atoms with Crippen molar-refractivity contribution < 1.29 is 33.3 Å². The van der Waals surface area contributed by atoms with Crippen LogP contribution in [0.5, 0.6) is 5.75 Å². The second kappa shape index (κ2) is 11.1. The summed E-state index contributed by atoms with van der Waals surface area (Å²) in [7, 11) is 1.46. The highest BCUT2D eigenvalue weighted by atomic mass is 16.8. The number of hydrogen-bond acceptors (Lipinski definition) is 8. The summed E-state index contributed by atoms with van der Waals surface area (Å²) < 4.78 is 25.7. The van der Waals surface area contributed by atoms with E-state index in [9.17, 15) is 14.4 Å². The molecule has 1 atom stereocenters. The number of aromatic amines is 1. The molecule has 0 aliphatic rings. The molecule has 0 aliphatic heterocycles. The van der Waals surface area contributed by atoms with Crippen molar-refractivity contribution in [3.63, 3.8) is 0 Å². The van der Waals surface area contributed by atoms with Gasteiger partial charge in [-0.15, -0.1) is 0 Å². The van der Waals surface area contributed by atoms with Gasteiger partial charge in [-0.25, -0.2) is 9.59 Å². The Labute approximate surface area is 173 Å². The summed E-state index contributed by atoms with van der Waals surface area (Å²) >= 11 is 0. The van der Waals surface area contributed by atoms with Crippen LogP contribution >= 0.6 is 0 Å². The van der Waals surface area contributed by atoms with Gasteiger partial charge < -0.3 is 28.7 Å². The molecule has 9 heteroatoms. The maximum atomic E-state index is 12.6. The van der Waals surface area contributed by atoms with Crippen molar-refractivity contribution in [3.8, 4) is 17.0 Å². The molecule has 1 unspecified atom stereocenters. The number of nitrogens with one attached hydrogen (secondary N) is 1. The van der Waals surface area contributed by atoms with E-state index in [-0.39, 0.29) is 18.8 Å². The molecule has 0 saturated carbocycles. The lowest BCUT2D eigenvalue weighted by Crippen LogP contribution is -2.25. The Kier molecular flexibility index (Phi) is 8.57. The van der Waals surface area contributed by atoms with E-state index in [2.05, 4.69) is 4.98 Å². The van der Waals surface area contributed by atoms with E-state index in [0.29, 0.717) is 23.6 Å². The number of H-pyrrole nitrogens is 1. The van der Waals surface area contributed by atoms with Gasteiger partial charge in [-0.3, -0.25) is 4.79 Å². The normalized spacial score (nSPS) is 11.6. The molecule has 1 aromatic heterocycles. The van der Waals surface area contributed by atoms with Gasteiger partial charge in [0, 0.05) is 12.8 Å². The number of hydrogen-bond donors (Lipinski definition) is 1. The van der Waals surface area contributed by atoms with E-state index in [4.69, 9.17) is 23.7 Å². The van der Waals surface area contributed by atoms with Crippen LogP contribution < -0.4 is 10.3 Å². The van der Waals surface area contributed by atoms with Gasteiger partial charge in [0.15, 0.2) is 0 Å². The number of methoxy groups -OCH3 is 1. The van der Waals surface area contributed by atoms with Crippen molar-refractivity contribution >= 4 is 11.9 Å². The third kappa shape index (κ3) is 5.68. The van der Waals surface area contributed by atoms with Gasteiger partial charge in [-0.2, -0.15) is 0 Å². The molecule has 0 amide bonds. The summed E-state index contributed by atoms with van der Waals surface area (Å²) in [5, 5.41) is 0. The van der Waals surface area contributed by atoms with Crippen LogP contribution in [-0.4, -0.2) is 50.3 Å². The molecule has 162 valence electrons. The highest BCUT2D eigenvalue weighted by Gasteiger charge is 2.24. The molecule has 2 aromatic rings. The van der Waals surface area contributed by atoms with Crippen LogP contribution in [0.25, 0.3) is 11.3 Å². The van der Waals surface area contributed by atoms with Gasteiger partial charge in [-0.1, -0.05) is 0 Å². The van der Waals surface area contributed by atoms with Crippen LogP contribution in [0.4, 0.5) is 0 Å². The molecule has 1 heterocycles. The summed E-state index contributed by atoms with van der Waals surface area (Å²) in [5.74, 6) is -1.19. The molecule has 0 aliphatic carbocycles. The quantitative estimate of drug-likeness (QED) is 0.462. The van der Waals surface area contributed by atoms with Crippen molar-refractivity contribution in [1.29, 1.82) is 0 Å². The first-order valence-corrected chi connectivity index (χ1v) is 9.48. The third-order valence-corrected chi connectivity index (χ3v) is 3.90. The zero-order chi connectivity index (χ0) is 22.1. The van der Waals surface area contributed by atoms with E-state index < -0.39 is 29.5 Å². The predicted octanol–water partition coefficient (Wildman–Crippen LogP) is 2.74.